The normalized spacial score (nSPS) is 25.9. The maximum atomic E-state index is 14.0. The Morgan fingerprint density at radius 1 is 0.478 bits per heavy atom. The van der Waals surface area contributed by atoms with E-state index in [9.17, 15) is 9.18 Å². The number of hydrogen-bond donors (Lipinski definition) is 9. The molecule has 0 aromatic rings. The Morgan fingerprint density at radius 2 is 0.887 bits per heavy atom. The molecule has 9 N–H and O–H groups in total. The number of methoxy groups -OCH3 is 1. The number of carbonyl (C=O) groups excluding carboxylic acids is 1. The molecule has 0 radical (unpaired) electrons. The van der Waals surface area contributed by atoms with Crippen LogP contribution in [0.5, 0.6) is 0 Å². The maximum Gasteiger partial charge on any atom is 0.219 e. The maximum absolute atomic E-state index is 14.0. The van der Waals surface area contributed by atoms with E-state index >= 15 is 0 Å². The molecule has 7 aliphatic heterocycles. The van der Waals surface area contributed by atoms with Crippen molar-refractivity contribution in [2.75, 3.05) is 191 Å². The van der Waals surface area contributed by atoms with E-state index in [1.165, 1.54) is 77.2 Å². The highest BCUT2D eigenvalue weighted by molar-refractivity contribution is 5.73. The number of alkyl halides is 1. The zero-order valence-corrected chi connectivity index (χ0v) is 80.0. The van der Waals surface area contributed by atoms with E-state index in [0.717, 1.165) is 162 Å². The van der Waals surface area contributed by atoms with E-state index in [4.69, 9.17) is 42.6 Å². The van der Waals surface area contributed by atoms with Crippen LogP contribution in [0.2, 0.25) is 0 Å². The summed E-state index contributed by atoms with van der Waals surface area (Å²) in [6.45, 7) is 85.5. The third-order valence-electron chi connectivity index (χ3n) is 20.9. The van der Waals surface area contributed by atoms with Gasteiger partial charge >= 0.3 is 0 Å². The monoisotopic (exact) mass is 1640 g/mol. The summed E-state index contributed by atoms with van der Waals surface area (Å²) in [7, 11) is 3.96. The van der Waals surface area contributed by atoms with Crippen LogP contribution in [0.15, 0.2) is 12.3 Å². The molecule has 0 bridgehead atoms. The molecule has 684 valence electrons. The minimum absolute atomic E-state index is 0.00259. The van der Waals surface area contributed by atoms with Crippen LogP contribution in [0.25, 0.3) is 0 Å². The number of likely N-dealkylation sites (N-methyl/N-ethyl adjacent to an activating group) is 1. The predicted molar refractivity (Wildman–Crippen MR) is 479 cm³/mol. The first-order valence-corrected chi connectivity index (χ1v) is 45.2. The molecule has 1 amide bonds. The minimum Gasteiger partial charge on any atom is -0.381 e. The molecular weight excluding hydrogens is 1450 g/mol. The SMILES string of the molecule is C=C(C)N1CCOC(CNC(C)(C)C)C1.CC(=O)N1CCOC(CNC(C)(C)C)C1.CC(C)(C)NC1CCC(NC2CCOCC2)CC1.CC(C)(C)NCC1(F)CCOCC1.CC(C)(C)NCC1CNCCO1.CCCN1CCOC(CNC(C)(C)C)C1.CN1CCOC(CNC(C)(C)C)C1.COC1CCC(COC(C)(C)C)CC1. The van der Waals surface area contributed by atoms with E-state index in [2.05, 4.69) is 256 Å². The van der Waals surface area contributed by atoms with Crippen molar-refractivity contribution >= 4 is 5.91 Å². The van der Waals surface area contributed by atoms with Crippen molar-refractivity contribution in [3.05, 3.63) is 12.3 Å². The van der Waals surface area contributed by atoms with E-state index < -0.39 is 5.67 Å². The summed E-state index contributed by atoms with van der Waals surface area (Å²) in [5, 5.41) is 31.3. The summed E-state index contributed by atoms with van der Waals surface area (Å²) >= 11 is 0. The molecule has 23 nitrogen and oxygen atoms in total. The Balaban J connectivity index is 0.000000447. The number of ether oxygens (including phenoxy) is 9. The molecule has 0 spiro atoms. The second kappa shape index (κ2) is 55.4. The lowest BCUT2D eigenvalue weighted by atomic mass is 9.88. The van der Waals surface area contributed by atoms with E-state index in [-0.39, 0.29) is 62.5 Å². The average Bonchev–Trinajstić information content (AvgIpc) is 0.838. The fourth-order valence-corrected chi connectivity index (χ4v) is 14.0. The Labute approximate surface area is 706 Å². The van der Waals surface area contributed by atoms with Crippen LogP contribution in [-0.4, -0.2) is 322 Å². The number of halogens is 1. The fraction of sp³-hybridized carbons (Fsp3) is 0.967. The second-order valence-electron chi connectivity index (χ2n) is 42.2. The molecule has 2 saturated carbocycles. The summed E-state index contributed by atoms with van der Waals surface area (Å²) in [5.41, 5.74) is 1.19. The number of morpholine rings is 5. The van der Waals surface area contributed by atoms with Gasteiger partial charge in [-0.25, -0.2) is 4.39 Å². The molecule has 2 aliphatic carbocycles. The molecule has 7 heterocycles. The minimum atomic E-state index is -1.05. The van der Waals surface area contributed by atoms with Crippen LogP contribution >= 0.6 is 0 Å². The summed E-state index contributed by atoms with van der Waals surface area (Å²) in [6.07, 6.45) is 16.9. The first kappa shape index (κ1) is 109. The number of nitrogens with zero attached hydrogens (tertiary/aromatic N) is 4. The number of amides is 1. The number of allylic oxidation sites excluding steroid dienone is 1. The Morgan fingerprint density at radius 3 is 1.30 bits per heavy atom. The molecule has 9 fully saturated rings. The summed E-state index contributed by atoms with van der Waals surface area (Å²) < 4.78 is 63.9. The second-order valence-corrected chi connectivity index (χ2v) is 42.2. The molecular formula is C91H188FN13O10. The van der Waals surface area contributed by atoms with Crippen LogP contribution in [0.4, 0.5) is 4.39 Å². The van der Waals surface area contributed by atoms with Crippen LogP contribution in [0.3, 0.4) is 0 Å². The lowest BCUT2D eigenvalue weighted by molar-refractivity contribution is -0.136. The zero-order chi connectivity index (χ0) is 86.7. The summed E-state index contributed by atoms with van der Waals surface area (Å²) in [5.74, 6) is 0.889. The Bertz CT molecular complexity index is 2390. The summed E-state index contributed by atoms with van der Waals surface area (Å²) in [6, 6.07) is 2.17. The first-order valence-electron chi connectivity index (χ1n) is 45.2. The van der Waals surface area contributed by atoms with Gasteiger partial charge in [0.05, 0.1) is 81.9 Å². The number of rotatable bonds is 21. The average molecular weight is 1640 g/mol. The van der Waals surface area contributed by atoms with Crippen molar-refractivity contribution in [2.45, 2.75) is 375 Å². The van der Waals surface area contributed by atoms with Crippen molar-refractivity contribution in [2.24, 2.45) is 5.92 Å². The zero-order valence-electron chi connectivity index (χ0n) is 80.0. The standard InChI is InChI=1S/C15H30N2O.C12H24N2O.C12H26N2O.C12H24O2.C11H22N2O2.C10H20FNO.C10H22N2O.C9H20N2O/c1-15(2,3)17-14-6-4-12(5-7-14)16-13-8-10-18-11-9-13;1-10(2)14-6-7-15-11(9-14)8-13-12(3,4)5;1-5-6-14-7-8-15-11(10-14)9-13-12(2,3)4;1-12(2,3)14-9-10-5-7-11(13-4)8-6-10;1-9(14)13-5-6-15-10(8-13)7-12-11(2,3)4;1-9(2,3)12-8-10(11)4-6-13-7-5-10;1-10(2,3)11-7-9-8-12(4)5-6-13-9;1-9(2,3)11-7-8-6-10-4-5-12-8/h12-14,16-17H,4-11H2,1-3H3;11,13H,1,6-9H2,2-5H3;11,13H,5-10H2,1-4H3;10-11H,5-9H2,1-4H3;10,12H,5-8H2,1-4H3;12H,4-8H2,1-3H3;9,11H,5-8H2,1-4H3;8,10-11H,4-7H2,1-3H3. The number of carbonyl (C=O) groups is 1. The van der Waals surface area contributed by atoms with E-state index in [1.54, 1.807) is 6.92 Å². The van der Waals surface area contributed by atoms with Crippen molar-refractivity contribution in [1.82, 2.24) is 67.5 Å². The Kier molecular flexibility index (Phi) is 52.6. The highest BCUT2D eigenvalue weighted by Gasteiger charge is 2.34. The van der Waals surface area contributed by atoms with E-state index in [0.29, 0.717) is 76.2 Å². The van der Waals surface area contributed by atoms with Crippen LogP contribution in [0.1, 0.15) is 270 Å². The molecule has 5 atom stereocenters. The lowest BCUT2D eigenvalue weighted by Gasteiger charge is -2.36. The molecule has 0 aromatic carbocycles. The van der Waals surface area contributed by atoms with Gasteiger partial charge in [-0.05, 0) is 263 Å². The first-order chi connectivity index (χ1) is 53.3. The highest BCUT2D eigenvalue weighted by Crippen LogP contribution is 2.29. The van der Waals surface area contributed by atoms with Gasteiger partial charge in [0.2, 0.25) is 5.91 Å². The molecule has 115 heavy (non-hydrogen) atoms. The third-order valence-corrected chi connectivity index (χ3v) is 20.9. The van der Waals surface area contributed by atoms with Crippen molar-refractivity contribution < 1.29 is 51.8 Å². The van der Waals surface area contributed by atoms with Crippen molar-refractivity contribution in [3.8, 4) is 0 Å². The van der Waals surface area contributed by atoms with Gasteiger partial charge in [0.15, 0.2) is 0 Å². The van der Waals surface area contributed by atoms with Crippen molar-refractivity contribution in [1.29, 1.82) is 0 Å². The topological polar surface area (TPSA) is 221 Å². The molecule has 9 aliphatic rings. The van der Waals surface area contributed by atoms with Crippen LogP contribution in [-0.2, 0) is 47.4 Å². The van der Waals surface area contributed by atoms with Gasteiger partial charge in [0.25, 0.3) is 0 Å². The smallest absolute Gasteiger partial charge is 0.219 e. The third kappa shape index (κ3) is 61.2. The van der Waals surface area contributed by atoms with Crippen molar-refractivity contribution in [3.63, 3.8) is 0 Å². The van der Waals surface area contributed by atoms with Crippen LogP contribution in [0, 0.1) is 5.92 Å². The molecule has 7 saturated heterocycles. The van der Waals surface area contributed by atoms with Gasteiger partial charge in [-0.1, -0.05) is 13.5 Å². The van der Waals surface area contributed by atoms with Gasteiger partial charge in [0.1, 0.15) is 5.67 Å². The largest absolute Gasteiger partial charge is 0.381 e. The van der Waals surface area contributed by atoms with Gasteiger partial charge in [-0.3, -0.25) is 9.69 Å². The predicted octanol–water partition coefficient (Wildman–Crippen LogP) is 12.1. The molecule has 5 unspecified atom stereocenters. The quantitative estimate of drug-likeness (QED) is 0.0521. The molecule has 9 rings (SSSR count). The van der Waals surface area contributed by atoms with E-state index in [1.807, 2.05) is 12.0 Å². The highest BCUT2D eigenvalue weighted by atomic mass is 19.1. The number of hydrogen-bond acceptors (Lipinski definition) is 22. The number of nitrogens with one attached hydrogen (secondary N) is 9. The molecule has 0 aromatic heterocycles. The lowest BCUT2D eigenvalue weighted by Crippen LogP contribution is -2.50. The summed E-state index contributed by atoms with van der Waals surface area (Å²) in [4.78, 5) is 20.1. The Hall–Kier alpha value is -1.86. The van der Waals surface area contributed by atoms with Crippen LogP contribution < -0.4 is 47.9 Å². The fourth-order valence-electron chi connectivity index (χ4n) is 14.0. The molecule has 24 heteroatoms. The van der Waals surface area contributed by atoms with Gasteiger partial charge in [-0.15, -0.1) is 0 Å². The van der Waals surface area contributed by atoms with Gasteiger partial charge < -0.3 is 105 Å². The van der Waals surface area contributed by atoms with Gasteiger partial charge in [-0.2, -0.15) is 0 Å². The van der Waals surface area contributed by atoms with Gasteiger partial charge in [0, 0.05) is 221 Å².